The van der Waals surface area contributed by atoms with Crippen LogP contribution < -0.4 is 5.73 Å². The van der Waals surface area contributed by atoms with Gasteiger partial charge in [-0.05, 0) is 49.8 Å². The van der Waals surface area contributed by atoms with Crippen LogP contribution in [0, 0.1) is 0 Å². The van der Waals surface area contributed by atoms with E-state index in [1.54, 1.807) is 11.0 Å². The molecule has 158 valence electrons. The van der Waals surface area contributed by atoms with E-state index in [0.29, 0.717) is 29.4 Å². The van der Waals surface area contributed by atoms with Crippen molar-refractivity contribution < 1.29 is 18.0 Å². The van der Waals surface area contributed by atoms with Crippen LogP contribution in [0.2, 0.25) is 0 Å². The highest BCUT2D eigenvalue weighted by Gasteiger charge is 2.35. The lowest BCUT2D eigenvalue weighted by Gasteiger charge is -2.34. The van der Waals surface area contributed by atoms with Crippen molar-refractivity contribution >= 4 is 29.7 Å². The summed E-state index contributed by atoms with van der Waals surface area (Å²) in [6, 6.07) is 5.11. The van der Waals surface area contributed by atoms with Crippen LogP contribution in [0.15, 0.2) is 24.3 Å². The normalized spacial score (nSPS) is 19.7. The maximum absolute atomic E-state index is 13.3. The van der Waals surface area contributed by atoms with Crippen LogP contribution in [-0.4, -0.2) is 34.9 Å². The van der Waals surface area contributed by atoms with E-state index >= 15 is 0 Å². The zero-order valence-corrected chi connectivity index (χ0v) is 17.4. The standard InChI is InChI=1S/C20H22F3N3OS.ClH/c21-20(22,23)14-5-3-4-13(10-14)17-16(25-18(28-17)12-7-8-12)19(27)26-9-2-1-6-15(26)11-24;/h3-5,10,12,15H,1-2,6-9,11,24H2;1H. The number of alkyl halides is 3. The third kappa shape index (κ3) is 4.59. The van der Waals surface area contributed by atoms with Gasteiger partial charge in [0, 0.05) is 25.0 Å². The highest BCUT2D eigenvalue weighted by Crippen LogP contribution is 2.45. The average Bonchev–Trinajstić information content (AvgIpc) is 3.45. The third-order valence-electron chi connectivity index (χ3n) is 5.39. The van der Waals surface area contributed by atoms with E-state index in [9.17, 15) is 18.0 Å². The first-order chi connectivity index (χ1) is 13.4. The predicted octanol–water partition coefficient (Wildman–Crippen LogP) is 5.08. The van der Waals surface area contributed by atoms with Crippen molar-refractivity contribution in [2.75, 3.05) is 13.1 Å². The predicted molar refractivity (Wildman–Crippen MR) is 110 cm³/mol. The molecule has 1 aliphatic carbocycles. The van der Waals surface area contributed by atoms with Gasteiger partial charge in [-0.3, -0.25) is 4.79 Å². The second-order valence-corrected chi connectivity index (χ2v) is 8.50. The topological polar surface area (TPSA) is 59.2 Å². The Morgan fingerprint density at radius 2 is 2.00 bits per heavy atom. The molecule has 2 aliphatic rings. The Balaban J connectivity index is 0.00000240. The van der Waals surface area contributed by atoms with Gasteiger partial charge in [-0.25, -0.2) is 4.98 Å². The van der Waals surface area contributed by atoms with Gasteiger partial charge in [0.25, 0.3) is 5.91 Å². The minimum atomic E-state index is -4.43. The molecule has 0 bridgehead atoms. The number of benzene rings is 1. The minimum absolute atomic E-state index is 0. The molecule has 1 unspecified atom stereocenters. The lowest BCUT2D eigenvalue weighted by atomic mass is 10.0. The van der Waals surface area contributed by atoms with Crippen molar-refractivity contribution in [2.45, 2.75) is 50.2 Å². The van der Waals surface area contributed by atoms with E-state index in [1.807, 2.05) is 0 Å². The smallest absolute Gasteiger partial charge is 0.333 e. The maximum atomic E-state index is 13.3. The van der Waals surface area contributed by atoms with Crippen LogP contribution in [0.4, 0.5) is 13.2 Å². The monoisotopic (exact) mass is 445 g/mol. The van der Waals surface area contributed by atoms with E-state index in [4.69, 9.17) is 5.73 Å². The molecule has 1 atom stereocenters. The molecule has 2 fully saturated rings. The number of likely N-dealkylation sites (tertiary alicyclic amines) is 1. The first-order valence-electron chi connectivity index (χ1n) is 9.58. The zero-order valence-electron chi connectivity index (χ0n) is 15.7. The van der Waals surface area contributed by atoms with E-state index in [0.717, 1.165) is 49.2 Å². The third-order valence-corrected chi connectivity index (χ3v) is 6.65. The molecule has 1 amide bonds. The second kappa shape index (κ2) is 8.62. The van der Waals surface area contributed by atoms with Crippen LogP contribution in [-0.2, 0) is 6.18 Å². The molecule has 2 N–H and O–H groups in total. The number of hydrogen-bond donors (Lipinski definition) is 1. The van der Waals surface area contributed by atoms with E-state index in [-0.39, 0.29) is 30.0 Å². The fourth-order valence-electron chi connectivity index (χ4n) is 3.67. The van der Waals surface area contributed by atoms with E-state index in [1.165, 1.54) is 17.4 Å². The summed E-state index contributed by atoms with van der Waals surface area (Å²) in [7, 11) is 0. The number of amides is 1. The Kier molecular flexibility index (Phi) is 6.55. The summed E-state index contributed by atoms with van der Waals surface area (Å²) in [4.78, 5) is 20.2. The SMILES string of the molecule is Cl.NCC1CCCCN1C(=O)c1nc(C2CC2)sc1-c1cccc(C(F)(F)F)c1. The molecule has 9 heteroatoms. The molecule has 4 rings (SSSR count). The first-order valence-corrected chi connectivity index (χ1v) is 10.4. The molecular formula is C20H23ClF3N3OS. The lowest BCUT2D eigenvalue weighted by Crippen LogP contribution is -2.47. The number of hydrogen-bond acceptors (Lipinski definition) is 4. The van der Waals surface area contributed by atoms with Crippen LogP contribution in [0.3, 0.4) is 0 Å². The van der Waals surface area contributed by atoms with Crippen LogP contribution in [0.1, 0.15) is 59.1 Å². The van der Waals surface area contributed by atoms with Crippen molar-refractivity contribution in [1.29, 1.82) is 0 Å². The van der Waals surface area contributed by atoms with Crippen LogP contribution >= 0.6 is 23.7 Å². The van der Waals surface area contributed by atoms with Gasteiger partial charge in [-0.15, -0.1) is 23.7 Å². The number of carbonyl (C=O) groups is 1. The molecule has 4 nitrogen and oxygen atoms in total. The highest BCUT2D eigenvalue weighted by molar-refractivity contribution is 7.15. The Morgan fingerprint density at radius 1 is 1.24 bits per heavy atom. The fourth-order valence-corrected chi connectivity index (χ4v) is 4.89. The Hall–Kier alpha value is -1.64. The minimum Gasteiger partial charge on any atom is -0.333 e. The van der Waals surface area contributed by atoms with Gasteiger partial charge < -0.3 is 10.6 Å². The summed E-state index contributed by atoms with van der Waals surface area (Å²) in [5, 5.41) is 0.845. The summed E-state index contributed by atoms with van der Waals surface area (Å²) in [5.74, 6) is 0.105. The lowest BCUT2D eigenvalue weighted by molar-refractivity contribution is -0.137. The summed E-state index contributed by atoms with van der Waals surface area (Å²) in [5.41, 5.74) is 5.80. The zero-order chi connectivity index (χ0) is 19.9. The van der Waals surface area contributed by atoms with Gasteiger partial charge in [-0.1, -0.05) is 12.1 Å². The number of nitrogens with two attached hydrogens (primary N) is 1. The largest absolute Gasteiger partial charge is 0.416 e. The molecule has 29 heavy (non-hydrogen) atoms. The molecule has 1 saturated heterocycles. The molecule has 1 aliphatic heterocycles. The molecular weight excluding hydrogens is 423 g/mol. The number of piperidine rings is 1. The number of halogens is 4. The van der Waals surface area contributed by atoms with E-state index < -0.39 is 11.7 Å². The van der Waals surface area contributed by atoms with Gasteiger partial charge in [0.2, 0.25) is 0 Å². The summed E-state index contributed by atoms with van der Waals surface area (Å²) in [6.45, 7) is 0.989. The van der Waals surface area contributed by atoms with Gasteiger partial charge >= 0.3 is 6.18 Å². The van der Waals surface area contributed by atoms with Crippen molar-refractivity contribution in [1.82, 2.24) is 9.88 Å². The molecule has 1 aromatic heterocycles. The summed E-state index contributed by atoms with van der Waals surface area (Å²) >= 11 is 1.35. The Bertz CT molecular complexity index is 882. The molecule has 0 radical (unpaired) electrons. The first kappa shape index (κ1) is 22.1. The number of carbonyl (C=O) groups excluding carboxylic acids is 1. The average molecular weight is 446 g/mol. The summed E-state index contributed by atoms with van der Waals surface area (Å²) in [6.07, 6.45) is 0.371. The van der Waals surface area contributed by atoms with E-state index in [2.05, 4.69) is 4.98 Å². The Labute approximate surface area is 177 Å². The van der Waals surface area contributed by atoms with Gasteiger partial charge in [-0.2, -0.15) is 13.2 Å². The number of rotatable bonds is 4. The van der Waals surface area contributed by atoms with Crippen LogP contribution in [0.5, 0.6) is 0 Å². The molecule has 0 spiro atoms. The van der Waals surface area contributed by atoms with Gasteiger partial charge in [0.1, 0.15) is 5.69 Å². The van der Waals surface area contributed by atoms with Crippen molar-refractivity contribution in [2.24, 2.45) is 5.73 Å². The van der Waals surface area contributed by atoms with Gasteiger partial charge in [0.05, 0.1) is 15.4 Å². The number of thiazole rings is 1. The van der Waals surface area contributed by atoms with Crippen molar-refractivity contribution in [3.05, 3.63) is 40.5 Å². The molecule has 2 heterocycles. The van der Waals surface area contributed by atoms with Crippen molar-refractivity contribution in [3.63, 3.8) is 0 Å². The maximum Gasteiger partial charge on any atom is 0.416 e. The fraction of sp³-hybridized carbons (Fsp3) is 0.500. The molecule has 1 aromatic carbocycles. The summed E-state index contributed by atoms with van der Waals surface area (Å²) < 4.78 is 39.5. The number of aromatic nitrogens is 1. The highest BCUT2D eigenvalue weighted by atomic mass is 35.5. The molecule has 1 saturated carbocycles. The quantitative estimate of drug-likeness (QED) is 0.713. The van der Waals surface area contributed by atoms with Gasteiger partial charge in [0.15, 0.2) is 0 Å². The second-order valence-electron chi connectivity index (χ2n) is 7.47. The van der Waals surface area contributed by atoms with Crippen LogP contribution in [0.25, 0.3) is 10.4 Å². The van der Waals surface area contributed by atoms with Crippen molar-refractivity contribution in [3.8, 4) is 10.4 Å². The Morgan fingerprint density at radius 3 is 2.66 bits per heavy atom. The number of nitrogens with zero attached hydrogens (tertiary/aromatic N) is 2. The molecule has 2 aromatic rings.